The molecule has 0 aromatic rings. The number of hydrogen-bond donors (Lipinski definition) is 0. The van der Waals surface area contributed by atoms with Gasteiger partial charge in [-0.2, -0.15) is 0 Å². The van der Waals surface area contributed by atoms with Crippen LogP contribution in [0.3, 0.4) is 0 Å². The molecule has 208 valence electrons. The van der Waals surface area contributed by atoms with Crippen LogP contribution in [-0.4, -0.2) is 5.78 Å². The fraction of sp³-hybridized carbons (Fsp3) is 0.912. The minimum Gasteiger partial charge on any atom is -0.300 e. The van der Waals surface area contributed by atoms with Gasteiger partial charge < -0.3 is 4.79 Å². The molecule has 0 heterocycles. The molecule has 0 spiro atoms. The number of Topliss-reactive ketones (excluding diaryl/α,β-unsaturated/α-hetero) is 1. The molecule has 0 fully saturated rings. The maximum absolute atomic E-state index is 11.8. The Bertz CT molecular complexity index is 452. The van der Waals surface area contributed by atoms with E-state index in [0.717, 1.165) is 12.8 Å². The van der Waals surface area contributed by atoms with Crippen molar-refractivity contribution in [3.63, 3.8) is 0 Å². The van der Waals surface area contributed by atoms with Crippen molar-refractivity contribution in [2.45, 2.75) is 194 Å². The highest BCUT2D eigenvalue weighted by Crippen LogP contribution is 2.25. The van der Waals surface area contributed by atoms with Gasteiger partial charge in [0.25, 0.3) is 0 Å². The zero-order chi connectivity index (χ0) is 25.8. The molecule has 35 heavy (non-hydrogen) atoms. The molecule has 0 bridgehead atoms. The first kappa shape index (κ1) is 34.4. The first-order chi connectivity index (χ1) is 17.1. The van der Waals surface area contributed by atoms with Crippen LogP contribution in [0.15, 0.2) is 12.2 Å². The summed E-state index contributed by atoms with van der Waals surface area (Å²) in [6, 6.07) is 0. The summed E-state index contributed by atoms with van der Waals surface area (Å²) in [5.41, 5.74) is 1.39. The summed E-state index contributed by atoms with van der Waals surface area (Å²) in [4.78, 5) is 11.8. The van der Waals surface area contributed by atoms with E-state index in [0.29, 0.717) is 11.7 Å². The second kappa shape index (κ2) is 28.0. The highest BCUT2D eigenvalue weighted by Gasteiger charge is 2.13. The lowest BCUT2D eigenvalue weighted by Crippen LogP contribution is -2.07. The Labute approximate surface area is 222 Å². The molecule has 0 saturated carbocycles. The van der Waals surface area contributed by atoms with Crippen LogP contribution in [0.4, 0.5) is 0 Å². The Kier molecular flexibility index (Phi) is 27.5. The summed E-state index contributed by atoms with van der Waals surface area (Å²) in [7, 11) is 0. The van der Waals surface area contributed by atoms with Crippen molar-refractivity contribution in [2.75, 3.05) is 0 Å². The molecule has 0 aliphatic heterocycles. The lowest BCUT2D eigenvalue weighted by atomic mass is 9.88. The summed E-state index contributed by atoms with van der Waals surface area (Å²) in [5, 5.41) is 0. The number of carbonyl (C=O) groups excluding carboxylic acids is 1. The van der Waals surface area contributed by atoms with E-state index in [2.05, 4.69) is 20.4 Å². The van der Waals surface area contributed by atoms with Gasteiger partial charge in [-0.1, -0.05) is 167 Å². The molecule has 0 unspecified atom stereocenters. The third-order valence-corrected chi connectivity index (χ3v) is 7.75. The molecule has 1 heteroatoms. The topological polar surface area (TPSA) is 17.1 Å². The summed E-state index contributed by atoms with van der Waals surface area (Å²) < 4.78 is 0. The smallest absolute Gasteiger partial charge is 0.130 e. The quantitative estimate of drug-likeness (QED) is 0.0752. The first-order valence-electron chi connectivity index (χ1n) is 16.3. The van der Waals surface area contributed by atoms with Crippen LogP contribution in [0.25, 0.3) is 0 Å². The van der Waals surface area contributed by atoms with Gasteiger partial charge in [0.1, 0.15) is 5.78 Å². The molecule has 0 aromatic heterocycles. The molecule has 0 amide bonds. The predicted molar refractivity (Wildman–Crippen MR) is 159 cm³/mol. The standard InChI is InChI=1S/C34H66O/c1-5-7-9-11-13-15-16-17-18-19-21-22-24-26-28-32(3)30-34(31-33(4)35)29-27-25-23-20-14-12-10-8-6-2/h34H,3,5-31H2,1-2,4H3/t34-/m1/s1. The molecule has 0 aliphatic carbocycles. The van der Waals surface area contributed by atoms with Crippen LogP contribution >= 0.6 is 0 Å². The van der Waals surface area contributed by atoms with E-state index in [-0.39, 0.29) is 0 Å². The number of ketones is 1. The number of carbonyl (C=O) groups is 1. The van der Waals surface area contributed by atoms with E-state index in [1.165, 1.54) is 166 Å². The Morgan fingerprint density at radius 1 is 0.514 bits per heavy atom. The average Bonchev–Trinajstić information content (AvgIpc) is 2.82. The monoisotopic (exact) mass is 491 g/mol. The molecule has 1 atom stereocenters. The van der Waals surface area contributed by atoms with E-state index in [1.807, 2.05) is 0 Å². The lowest BCUT2D eigenvalue weighted by molar-refractivity contribution is -0.117. The molecular formula is C34H66O. The fourth-order valence-corrected chi connectivity index (χ4v) is 5.51. The van der Waals surface area contributed by atoms with Gasteiger partial charge in [0.05, 0.1) is 0 Å². The molecule has 0 aliphatic rings. The van der Waals surface area contributed by atoms with E-state index >= 15 is 0 Å². The van der Waals surface area contributed by atoms with Crippen LogP contribution in [0, 0.1) is 5.92 Å². The summed E-state index contributed by atoms with van der Waals surface area (Å²) in [5.74, 6) is 0.895. The summed E-state index contributed by atoms with van der Waals surface area (Å²) >= 11 is 0. The van der Waals surface area contributed by atoms with Gasteiger partial charge in [0.2, 0.25) is 0 Å². The van der Waals surface area contributed by atoms with Crippen molar-refractivity contribution in [2.24, 2.45) is 5.92 Å². The van der Waals surface area contributed by atoms with Crippen LogP contribution in [0.1, 0.15) is 194 Å². The van der Waals surface area contributed by atoms with Gasteiger partial charge in [-0.25, -0.2) is 0 Å². The second-order valence-electron chi connectivity index (χ2n) is 11.7. The van der Waals surface area contributed by atoms with Crippen LogP contribution in [-0.2, 0) is 4.79 Å². The van der Waals surface area contributed by atoms with Crippen LogP contribution in [0.5, 0.6) is 0 Å². The second-order valence-corrected chi connectivity index (χ2v) is 11.7. The number of hydrogen-bond acceptors (Lipinski definition) is 1. The molecule has 0 saturated heterocycles. The summed E-state index contributed by atoms with van der Waals surface area (Å²) in [6.45, 7) is 10.7. The Morgan fingerprint density at radius 2 is 0.857 bits per heavy atom. The zero-order valence-corrected chi connectivity index (χ0v) is 24.8. The van der Waals surface area contributed by atoms with Crippen molar-refractivity contribution < 1.29 is 4.79 Å². The summed E-state index contributed by atoms with van der Waals surface area (Å²) in [6.07, 6.45) is 36.4. The third kappa shape index (κ3) is 27.8. The number of allylic oxidation sites excluding steroid dienone is 1. The fourth-order valence-electron chi connectivity index (χ4n) is 5.51. The molecule has 0 aromatic carbocycles. The Balaban J connectivity index is 3.64. The average molecular weight is 491 g/mol. The van der Waals surface area contributed by atoms with Crippen molar-refractivity contribution >= 4 is 5.78 Å². The van der Waals surface area contributed by atoms with Gasteiger partial charge in [0.15, 0.2) is 0 Å². The molecule has 0 N–H and O–H groups in total. The maximum Gasteiger partial charge on any atom is 0.130 e. The van der Waals surface area contributed by atoms with Crippen molar-refractivity contribution in [3.8, 4) is 0 Å². The lowest BCUT2D eigenvalue weighted by Gasteiger charge is -2.17. The van der Waals surface area contributed by atoms with Crippen LogP contribution in [0.2, 0.25) is 0 Å². The highest BCUT2D eigenvalue weighted by molar-refractivity contribution is 5.75. The van der Waals surface area contributed by atoms with Crippen molar-refractivity contribution in [1.82, 2.24) is 0 Å². The number of unbranched alkanes of at least 4 members (excludes halogenated alkanes) is 21. The first-order valence-corrected chi connectivity index (χ1v) is 16.3. The molecule has 1 nitrogen and oxygen atoms in total. The molecule has 0 radical (unpaired) electrons. The Morgan fingerprint density at radius 3 is 1.23 bits per heavy atom. The van der Waals surface area contributed by atoms with E-state index in [9.17, 15) is 4.79 Å². The van der Waals surface area contributed by atoms with Gasteiger partial charge in [-0.05, 0) is 38.5 Å². The van der Waals surface area contributed by atoms with Crippen molar-refractivity contribution in [1.29, 1.82) is 0 Å². The van der Waals surface area contributed by atoms with E-state index < -0.39 is 0 Å². The predicted octanol–water partition coefficient (Wildman–Crippen LogP) is 12.3. The Hall–Kier alpha value is -0.590. The maximum atomic E-state index is 11.8. The van der Waals surface area contributed by atoms with E-state index in [4.69, 9.17) is 0 Å². The number of rotatable bonds is 29. The molecular weight excluding hydrogens is 424 g/mol. The van der Waals surface area contributed by atoms with E-state index in [1.54, 1.807) is 6.92 Å². The zero-order valence-electron chi connectivity index (χ0n) is 24.8. The van der Waals surface area contributed by atoms with Gasteiger partial charge in [-0.15, -0.1) is 0 Å². The van der Waals surface area contributed by atoms with Gasteiger partial charge in [-0.3, -0.25) is 0 Å². The molecule has 0 rings (SSSR count). The highest BCUT2D eigenvalue weighted by atomic mass is 16.1. The normalized spacial score (nSPS) is 12.2. The minimum absolute atomic E-state index is 0.357. The van der Waals surface area contributed by atoms with Gasteiger partial charge in [0, 0.05) is 6.42 Å². The third-order valence-electron chi connectivity index (χ3n) is 7.75. The largest absolute Gasteiger partial charge is 0.300 e. The SMILES string of the molecule is C=C(CCCCCCCCCCCCCCCC)C[C@@H](CCCCCCCCCCC)CC(C)=O. The van der Waals surface area contributed by atoms with Crippen molar-refractivity contribution in [3.05, 3.63) is 12.2 Å². The van der Waals surface area contributed by atoms with Gasteiger partial charge >= 0.3 is 0 Å². The minimum atomic E-state index is 0.357. The van der Waals surface area contributed by atoms with Crippen LogP contribution < -0.4 is 0 Å².